The van der Waals surface area contributed by atoms with Crippen LogP contribution >= 0.6 is 15.9 Å². The Hall–Kier alpha value is -3.53. The van der Waals surface area contributed by atoms with Crippen molar-refractivity contribution in [3.05, 3.63) is 65.4 Å². The van der Waals surface area contributed by atoms with E-state index >= 15 is 0 Å². The van der Waals surface area contributed by atoms with E-state index in [2.05, 4.69) is 32.8 Å². The number of alkyl halides is 1. The van der Waals surface area contributed by atoms with E-state index in [1.807, 2.05) is 53.4 Å². The number of unbranched alkanes of at least 4 members (excludes halogenated alkanes) is 1. The first kappa shape index (κ1) is 27.1. The van der Waals surface area contributed by atoms with Crippen molar-refractivity contribution in [1.82, 2.24) is 9.97 Å². The van der Waals surface area contributed by atoms with Crippen molar-refractivity contribution >= 4 is 27.8 Å². The second kappa shape index (κ2) is 13.5. The van der Waals surface area contributed by atoms with E-state index in [-0.39, 0.29) is 11.8 Å². The molecule has 192 valence electrons. The van der Waals surface area contributed by atoms with E-state index in [0.717, 1.165) is 35.5 Å². The first-order valence-electron chi connectivity index (χ1n) is 11.5. The lowest BCUT2D eigenvalue weighted by molar-refractivity contribution is 0.209. The largest absolute Gasteiger partial charge is 0.497 e. The highest BCUT2D eigenvalue weighted by Crippen LogP contribution is 2.35. The van der Waals surface area contributed by atoms with Gasteiger partial charge in [-0.15, -0.1) is 0 Å². The number of hydrogen-bond donors (Lipinski definition) is 1. The van der Waals surface area contributed by atoms with Crippen LogP contribution in [0.15, 0.2) is 48.5 Å². The van der Waals surface area contributed by atoms with E-state index < -0.39 is 6.09 Å². The SMILES string of the molecule is CCCCOc1nc(CBr)c(OC(N)=O)c(N(Cc2ccc(OC)cc2)Cc2ccc(OC)cc2)n1. The summed E-state index contributed by atoms with van der Waals surface area (Å²) in [6.45, 7) is 3.47. The van der Waals surface area contributed by atoms with E-state index in [9.17, 15) is 4.79 Å². The number of amides is 1. The molecular weight excluding hydrogens is 528 g/mol. The van der Waals surface area contributed by atoms with Crippen molar-refractivity contribution < 1.29 is 23.7 Å². The summed E-state index contributed by atoms with van der Waals surface area (Å²) in [5, 5.41) is 0.314. The van der Waals surface area contributed by atoms with Crippen LogP contribution in [-0.4, -0.2) is 36.9 Å². The molecule has 1 amide bonds. The second-order valence-corrected chi connectivity index (χ2v) is 8.48. The Bertz CT molecular complexity index is 1080. The summed E-state index contributed by atoms with van der Waals surface area (Å²) in [6, 6.07) is 15.7. The zero-order valence-electron chi connectivity index (χ0n) is 20.7. The van der Waals surface area contributed by atoms with E-state index in [4.69, 9.17) is 24.7 Å². The highest BCUT2D eigenvalue weighted by molar-refractivity contribution is 9.08. The Kier molecular flexibility index (Phi) is 10.2. The van der Waals surface area contributed by atoms with Gasteiger partial charge in [-0.1, -0.05) is 53.5 Å². The van der Waals surface area contributed by atoms with Crippen LogP contribution in [0.2, 0.25) is 0 Å². The predicted octanol–water partition coefficient (Wildman–Crippen LogP) is 5.23. The lowest BCUT2D eigenvalue weighted by Crippen LogP contribution is -2.27. The van der Waals surface area contributed by atoms with Gasteiger partial charge in [-0.3, -0.25) is 0 Å². The maximum absolute atomic E-state index is 11.8. The number of nitrogens with two attached hydrogens (primary N) is 1. The van der Waals surface area contributed by atoms with Gasteiger partial charge in [0.05, 0.1) is 20.8 Å². The predicted molar refractivity (Wildman–Crippen MR) is 141 cm³/mol. The average molecular weight is 559 g/mol. The average Bonchev–Trinajstić information content (AvgIpc) is 2.89. The van der Waals surface area contributed by atoms with Crippen molar-refractivity contribution in [3.8, 4) is 23.3 Å². The van der Waals surface area contributed by atoms with Crippen molar-refractivity contribution in [1.29, 1.82) is 0 Å². The number of carbonyl (C=O) groups excluding carboxylic acids is 1. The normalized spacial score (nSPS) is 10.6. The van der Waals surface area contributed by atoms with Crippen LogP contribution in [0, 0.1) is 0 Å². The third-order valence-corrected chi connectivity index (χ3v) is 5.85. The lowest BCUT2D eigenvalue weighted by atomic mass is 10.1. The summed E-state index contributed by atoms with van der Waals surface area (Å²) in [4.78, 5) is 22.9. The molecule has 1 aromatic heterocycles. The molecule has 3 rings (SSSR count). The summed E-state index contributed by atoms with van der Waals surface area (Å²) in [5.74, 6) is 2.10. The van der Waals surface area contributed by atoms with Crippen LogP contribution in [0.1, 0.15) is 36.6 Å². The number of ether oxygens (including phenoxy) is 4. The smallest absolute Gasteiger partial charge is 0.410 e. The van der Waals surface area contributed by atoms with Gasteiger partial charge in [0.2, 0.25) is 0 Å². The molecule has 2 N–H and O–H groups in total. The highest BCUT2D eigenvalue weighted by Gasteiger charge is 2.24. The Morgan fingerprint density at radius 3 is 1.94 bits per heavy atom. The fourth-order valence-corrected chi connectivity index (χ4v) is 3.83. The maximum atomic E-state index is 11.8. The molecular formula is C26H31BrN4O5. The molecule has 36 heavy (non-hydrogen) atoms. The number of rotatable bonds is 13. The number of halogens is 1. The van der Waals surface area contributed by atoms with Gasteiger partial charge in [0.25, 0.3) is 0 Å². The highest BCUT2D eigenvalue weighted by atomic mass is 79.9. The van der Waals surface area contributed by atoms with Gasteiger partial charge in [0.15, 0.2) is 11.6 Å². The molecule has 0 unspecified atom stereocenters. The molecule has 0 fully saturated rings. The summed E-state index contributed by atoms with van der Waals surface area (Å²) in [6.07, 6.45) is 0.890. The van der Waals surface area contributed by atoms with Crippen LogP contribution in [0.5, 0.6) is 23.3 Å². The number of aromatic nitrogens is 2. The van der Waals surface area contributed by atoms with Gasteiger partial charge < -0.3 is 29.6 Å². The monoisotopic (exact) mass is 558 g/mol. The van der Waals surface area contributed by atoms with E-state index in [0.29, 0.717) is 36.5 Å². The minimum atomic E-state index is -0.949. The standard InChI is InChI=1S/C26H31BrN4O5/c1-4-5-14-35-26-29-22(15-27)23(36-25(28)32)24(30-26)31(16-18-6-10-20(33-2)11-7-18)17-19-8-12-21(34-3)13-9-19/h6-13H,4-5,14-17H2,1-3H3,(H2,28,32). The topological polar surface area (TPSA) is 109 Å². The minimum Gasteiger partial charge on any atom is -0.497 e. The molecule has 0 aliphatic heterocycles. The van der Waals surface area contributed by atoms with Crippen molar-refractivity contribution in [2.75, 3.05) is 25.7 Å². The van der Waals surface area contributed by atoms with Gasteiger partial charge in [-0.05, 0) is 41.8 Å². The van der Waals surface area contributed by atoms with Gasteiger partial charge >= 0.3 is 12.1 Å². The Morgan fingerprint density at radius 2 is 1.50 bits per heavy atom. The number of methoxy groups -OCH3 is 2. The first-order chi connectivity index (χ1) is 17.5. The molecule has 0 aliphatic rings. The summed E-state index contributed by atoms with van der Waals surface area (Å²) >= 11 is 3.44. The second-order valence-electron chi connectivity index (χ2n) is 7.91. The van der Waals surface area contributed by atoms with Crippen molar-refractivity contribution in [3.63, 3.8) is 0 Å². The van der Waals surface area contributed by atoms with Crippen LogP contribution in [-0.2, 0) is 18.4 Å². The van der Waals surface area contributed by atoms with Crippen molar-refractivity contribution in [2.24, 2.45) is 5.73 Å². The molecule has 9 nitrogen and oxygen atoms in total. The Morgan fingerprint density at radius 1 is 0.944 bits per heavy atom. The van der Waals surface area contributed by atoms with Crippen LogP contribution < -0.4 is 29.6 Å². The Labute approximate surface area is 219 Å². The first-order valence-corrected chi connectivity index (χ1v) is 12.7. The molecule has 0 aliphatic carbocycles. The molecule has 10 heteroatoms. The molecule has 0 saturated heterocycles. The number of nitrogens with zero attached hydrogens (tertiary/aromatic N) is 3. The van der Waals surface area contributed by atoms with Crippen molar-refractivity contribution in [2.45, 2.75) is 38.2 Å². The quantitative estimate of drug-likeness (QED) is 0.224. The number of carbonyl (C=O) groups is 1. The number of primary amides is 1. The molecule has 3 aromatic rings. The molecule has 0 saturated carbocycles. The van der Waals surface area contributed by atoms with Gasteiger partial charge in [-0.25, -0.2) is 4.79 Å². The van der Waals surface area contributed by atoms with Crippen LogP contribution in [0.25, 0.3) is 0 Å². The van der Waals surface area contributed by atoms with Crippen LogP contribution in [0.3, 0.4) is 0 Å². The fourth-order valence-electron chi connectivity index (χ4n) is 3.45. The third kappa shape index (κ3) is 7.48. The fraction of sp³-hybridized carbons (Fsp3) is 0.346. The molecule has 0 bridgehead atoms. The number of anilines is 1. The van der Waals surface area contributed by atoms with Gasteiger partial charge in [-0.2, -0.15) is 9.97 Å². The summed E-state index contributed by atoms with van der Waals surface area (Å²) in [7, 11) is 3.25. The molecule has 0 atom stereocenters. The number of benzene rings is 2. The molecule has 2 aromatic carbocycles. The summed E-state index contributed by atoms with van der Waals surface area (Å²) in [5.41, 5.74) is 7.87. The molecule has 1 heterocycles. The lowest BCUT2D eigenvalue weighted by Gasteiger charge is -2.27. The maximum Gasteiger partial charge on any atom is 0.410 e. The number of hydrogen-bond acceptors (Lipinski definition) is 8. The third-order valence-electron chi connectivity index (χ3n) is 5.32. The van der Waals surface area contributed by atoms with Gasteiger partial charge in [0, 0.05) is 18.4 Å². The Balaban J connectivity index is 2.08. The van der Waals surface area contributed by atoms with Gasteiger partial charge in [0.1, 0.15) is 17.2 Å². The summed E-state index contributed by atoms with van der Waals surface area (Å²) < 4.78 is 21.8. The zero-order chi connectivity index (χ0) is 25.9. The minimum absolute atomic E-state index is 0.184. The van der Waals surface area contributed by atoms with E-state index in [1.54, 1.807) is 14.2 Å². The zero-order valence-corrected chi connectivity index (χ0v) is 22.3. The molecule has 0 radical (unpaired) electrons. The van der Waals surface area contributed by atoms with Crippen LogP contribution in [0.4, 0.5) is 10.6 Å². The van der Waals surface area contributed by atoms with E-state index in [1.165, 1.54) is 0 Å². The molecule has 0 spiro atoms.